The maximum absolute atomic E-state index is 11.0. The van der Waals surface area contributed by atoms with E-state index in [1.807, 2.05) is 13.8 Å². The van der Waals surface area contributed by atoms with Crippen molar-refractivity contribution >= 4 is 11.5 Å². The number of aromatic nitrogens is 2. The quantitative estimate of drug-likeness (QED) is 0.578. The minimum atomic E-state index is -0.986. The van der Waals surface area contributed by atoms with Crippen molar-refractivity contribution in [1.29, 1.82) is 0 Å². The second-order valence-electron chi connectivity index (χ2n) is 5.29. The number of methoxy groups -OCH3 is 1. The Balaban J connectivity index is 2.90. The molecule has 1 heterocycles. The van der Waals surface area contributed by atoms with E-state index in [1.165, 1.54) is 13.4 Å². The van der Waals surface area contributed by atoms with Crippen LogP contribution in [0.3, 0.4) is 0 Å². The first-order valence-corrected chi connectivity index (χ1v) is 6.26. The lowest BCUT2D eigenvalue weighted by molar-refractivity contribution is -0.385. The fraction of sp³-hybridized carbons (Fsp3) is 0.667. The number of anilines is 1. The van der Waals surface area contributed by atoms with Gasteiger partial charge >= 0.3 is 5.69 Å². The second-order valence-corrected chi connectivity index (χ2v) is 5.29. The molecule has 0 spiro atoms. The first-order valence-electron chi connectivity index (χ1n) is 6.26. The third-order valence-electron chi connectivity index (χ3n) is 2.65. The molecule has 8 nitrogen and oxygen atoms in total. The van der Waals surface area contributed by atoms with E-state index in [-0.39, 0.29) is 23.9 Å². The van der Waals surface area contributed by atoms with Gasteiger partial charge in [0.1, 0.15) is 6.33 Å². The van der Waals surface area contributed by atoms with Crippen LogP contribution in [0.5, 0.6) is 5.88 Å². The van der Waals surface area contributed by atoms with E-state index in [0.717, 1.165) is 0 Å². The van der Waals surface area contributed by atoms with E-state index in [4.69, 9.17) is 4.74 Å². The van der Waals surface area contributed by atoms with Crippen LogP contribution in [0.15, 0.2) is 6.33 Å². The molecule has 0 aliphatic heterocycles. The Kier molecular flexibility index (Phi) is 5.20. The van der Waals surface area contributed by atoms with Gasteiger partial charge in [-0.3, -0.25) is 10.1 Å². The molecule has 20 heavy (non-hydrogen) atoms. The van der Waals surface area contributed by atoms with Crippen molar-refractivity contribution in [2.24, 2.45) is 5.92 Å². The minimum absolute atomic E-state index is 0.0332. The van der Waals surface area contributed by atoms with Gasteiger partial charge in [-0.25, -0.2) is 4.98 Å². The third kappa shape index (κ3) is 4.30. The number of hydrogen-bond acceptors (Lipinski definition) is 7. The Morgan fingerprint density at radius 3 is 2.70 bits per heavy atom. The Hall–Kier alpha value is -1.96. The highest BCUT2D eigenvalue weighted by Crippen LogP contribution is 2.30. The number of nitrogens with zero attached hydrogens (tertiary/aromatic N) is 3. The van der Waals surface area contributed by atoms with Crippen molar-refractivity contribution in [3.05, 3.63) is 16.4 Å². The van der Waals surface area contributed by atoms with Gasteiger partial charge in [0.2, 0.25) is 5.82 Å². The molecule has 1 aromatic heterocycles. The number of ether oxygens (including phenoxy) is 1. The first kappa shape index (κ1) is 16.1. The highest BCUT2D eigenvalue weighted by Gasteiger charge is 2.27. The molecule has 0 aliphatic rings. The predicted octanol–water partition coefficient (Wildman–Crippen LogP) is 1.60. The molecule has 0 saturated carbocycles. The van der Waals surface area contributed by atoms with E-state index >= 15 is 0 Å². The maximum atomic E-state index is 11.0. The fourth-order valence-corrected chi connectivity index (χ4v) is 2.03. The molecule has 0 fully saturated rings. The Labute approximate surface area is 117 Å². The maximum Gasteiger partial charge on any atom is 0.372 e. The average Bonchev–Trinajstić information content (AvgIpc) is 2.34. The summed E-state index contributed by atoms with van der Waals surface area (Å²) >= 11 is 0. The molecular weight excluding hydrogens is 264 g/mol. The van der Waals surface area contributed by atoms with Crippen molar-refractivity contribution in [3.8, 4) is 5.88 Å². The van der Waals surface area contributed by atoms with Gasteiger partial charge in [-0.05, 0) is 19.3 Å². The Bertz CT molecular complexity index is 477. The summed E-state index contributed by atoms with van der Waals surface area (Å²) < 4.78 is 4.85. The van der Waals surface area contributed by atoms with Gasteiger partial charge < -0.3 is 15.2 Å². The fourth-order valence-electron chi connectivity index (χ4n) is 2.03. The molecule has 0 radical (unpaired) electrons. The van der Waals surface area contributed by atoms with E-state index in [1.54, 1.807) is 6.92 Å². The molecule has 0 saturated heterocycles. The van der Waals surface area contributed by atoms with Crippen LogP contribution in [-0.4, -0.2) is 39.3 Å². The van der Waals surface area contributed by atoms with E-state index in [2.05, 4.69) is 15.3 Å². The van der Waals surface area contributed by atoms with Crippen LogP contribution in [0.25, 0.3) is 0 Å². The third-order valence-corrected chi connectivity index (χ3v) is 2.65. The molecule has 0 amide bonds. The number of nitro groups is 1. The molecule has 0 bridgehead atoms. The van der Waals surface area contributed by atoms with Crippen molar-refractivity contribution in [1.82, 2.24) is 9.97 Å². The summed E-state index contributed by atoms with van der Waals surface area (Å²) in [7, 11) is 1.30. The molecule has 2 N–H and O–H groups in total. The van der Waals surface area contributed by atoms with Gasteiger partial charge in [0.15, 0.2) is 0 Å². The molecule has 8 heteroatoms. The second kappa shape index (κ2) is 6.47. The summed E-state index contributed by atoms with van der Waals surface area (Å²) in [5.41, 5.74) is -1.32. The molecule has 1 atom stereocenters. The normalized spacial score (nSPS) is 13.9. The number of hydrogen-bond donors (Lipinski definition) is 2. The number of nitrogens with one attached hydrogen (secondary N) is 1. The molecule has 112 valence electrons. The van der Waals surface area contributed by atoms with Crippen LogP contribution >= 0.6 is 0 Å². The summed E-state index contributed by atoms with van der Waals surface area (Å²) in [6.07, 6.45) is 1.74. The lowest BCUT2D eigenvalue weighted by Gasteiger charge is -2.25. The van der Waals surface area contributed by atoms with Gasteiger partial charge in [0, 0.05) is 6.54 Å². The van der Waals surface area contributed by atoms with Gasteiger partial charge in [0.25, 0.3) is 5.88 Å². The zero-order valence-electron chi connectivity index (χ0n) is 12.1. The molecule has 0 aromatic carbocycles. The molecule has 1 rings (SSSR count). The summed E-state index contributed by atoms with van der Waals surface area (Å²) in [5.74, 6) is 0.226. The number of rotatable bonds is 7. The minimum Gasteiger partial charge on any atom is -0.476 e. The Morgan fingerprint density at radius 2 is 2.20 bits per heavy atom. The topological polar surface area (TPSA) is 110 Å². The van der Waals surface area contributed by atoms with Crippen LogP contribution in [0, 0.1) is 16.0 Å². The summed E-state index contributed by atoms with van der Waals surface area (Å²) in [6, 6.07) is 0. The standard InChI is InChI=1S/C12H20N4O4/c1-8(2)5-12(3,17)6-13-10-9(16(18)19)11(20-4)15-7-14-10/h7-8,17H,5-6H2,1-4H3,(H,13,14,15). The predicted molar refractivity (Wildman–Crippen MR) is 73.8 cm³/mol. The largest absolute Gasteiger partial charge is 0.476 e. The van der Waals surface area contributed by atoms with Gasteiger partial charge in [-0.15, -0.1) is 0 Å². The zero-order chi connectivity index (χ0) is 15.3. The lowest BCUT2D eigenvalue weighted by atomic mass is 9.94. The van der Waals surface area contributed by atoms with E-state index in [9.17, 15) is 15.2 Å². The molecule has 0 aliphatic carbocycles. The van der Waals surface area contributed by atoms with Crippen LogP contribution in [0.2, 0.25) is 0 Å². The van der Waals surface area contributed by atoms with Crippen LogP contribution < -0.4 is 10.1 Å². The van der Waals surface area contributed by atoms with Crippen molar-refractivity contribution in [2.75, 3.05) is 19.0 Å². The van der Waals surface area contributed by atoms with E-state index in [0.29, 0.717) is 12.3 Å². The van der Waals surface area contributed by atoms with Gasteiger partial charge in [-0.1, -0.05) is 13.8 Å². The van der Waals surface area contributed by atoms with Crippen molar-refractivity contribution < 1.29 is 14.8 Å². The van der Waals surface area contributed by atoms with Crippen LogP contribution in [-0.2, 0) is 0 Å². The van der Waals surface area contributed by atoms with Gasteiger partial charge in [-0.2, -0.15) is 4.98 Å². The van der Waals surface area contributed by atoms with Crippen LogP contribution in [0.4, 0.5) is 11.5 Å². The van der Waals surface area contributed by atoms with Gasteiger partial charge in [0.05, 0.1) is 17.6 Å². The van der Waals surface area contributed by atoms with Crippen molar-refractivity contribution in [2.45, 2.75) is 32.8 Å². The molecule has 1 unspecified atom stereocenters. The summed E-state index contributed by atoms with van der Waals surface area (Å²) in [5, 5.41) is 24.0. The highest BCUT2D eigenvalue weighted by molar-refractivity contribution is 5.61. The first-order chi connectivity index (χ1) is 9.26. The zero-order valence-corrected chi connectivity index (χ0v) is 12.1. The highest BCUT2D eigenvalue weighted by atomic mass is 16.6. The average molecular weight is 284 g/mol. The molecule has 1 aromatic rings. The summed E-state index contributed by atoms with van der Waals surface area (Å²) in [4.78, 5) is 18.0. The lowest BCUT2D eigenvalue weighted by Crippen LogP contribution is -2.35. The molecular formula is C12H20N4O4. The van der Waals surface area contributed by atoms with Crippen LogP contribution in [0.1, 0.15) is 27.2 Å². The SMILES string of the molecule is COc1ncnc(NCC(C)(O)CC(C)C)c1[N+](=O)[O-]. The smallest absolute Gasteiger partial charge is 0.372 e. The number of aliphatic hydroxyl groups is 1. The van der Waals surface area contributed by atoms with E-state index < -0.39 is 10.5 Å². The monoisotopic (exact) mass is 284 g/mol. The Morgan fingerprint density at radius 1 is 1.55 bits per heavy atom. The summed E-state index contributed by atoms with van der Waals surface area (Å²) in [6.45, 7) is 5.80. The van der Waals surface area contributed by atoms with Crippen molar-refractivity contribution in [3.63, 3.8) is 0 Å².